The molecular formula is C27H21N3OS. The van der Waals surface area contributed by atoms with Gasteiger partial charge in [-0.1, -0.05) is 54.6 Å². The molecule has 0 atom stereocenters. The quantitative estimate of drug-likeness (QED) is 0.339. The van der Waals surface area contributed by atoms with Crippen LogP contribution in [-0.4, -0.2) is 15.6 Å². The van der Waals surface area contributed by atoms with Crippen LogP contribution in [0.5, 0.6) is 0 Å². The summed E-state index contributed by atoms with van der Waals surface area (Å²) in [6, 6.07) is 33.7. The van der Waals surface area contributed by atoms with Gasteiger partial charge in [-0.15, -0.1) is 0 Å². The van der Waals surface area contributed by atoms with Gasteiger partial charge in [0.05, 0.1) is 16.3 Å². The van der Waals surface area contributed by atoms with E-state index in [4.69, 9.17) is 4.99 Å². The van der Waals surface area contributed by atoms with Gasteiger partial charge in [0.1, 0.15) is 0 Å². The van der Waals surface area contributed by atoms with Crippen molar-refractivity contribution >= 4 is 40.3 Å². The van der Waals surface area contributed by atoms with Gasteiger partial charge in [0.2, 0.25) is 0 Å². The van der Waals surface area contributed by atoms with E-state index in [1.54, 1.807) is 4.90 Å². The van der Waals surface area contributed by atoms with Gasteiger partial charge in [0.15, 0.2) is 5.17 Å². The SMILES string of the molecule is Cc1ccc(/C=C2\SC(=Nc3ccccc3)N(c3ccccc3)C2=O)n1-c1ccccc1. The first kappa shape index (κ1) is 20.1. The summed E-state index contributed by atoms with van der Waals surface area (Å²) in [5, 5.41) is 0.646. The topological polar surface area (TPSA) is 37.6 Å². The minimum Gasteiger partial charge on any atom is -0.314 e. The third-order valence-corrected chi connectivity index (χ3v) is 6.17. The van der Waals surface area contributed by atoms with E-state index in [0.29, 0.717) is 10.1 Å². The highest BCUT2D eigenvalue weighted by atomic mass is 32.2. The van der Waals surface area contributed by atoms with E-state index in [9.17, 15) is 4.79 Å². The first-order valence-corrected chi connectivity index (χ1v) is 11.2. The summed E-state index contributed by atoms with van der Waals surface area (Å²) in [4.78, 5) is 20.6. The van der Waals surface area contributed by atoms with Crippen LogP contribution in [0.25, 0.3) is 11.8 Å². The number of hydrogen-bond acceptors (Lipinski definition) is 3. The van der Waals surface area contributed by atoms with Gasteiger partial charge in [0.25, 0.3) is 5.91 Å². The lowest BCUT2D eigenvalue weighted by Gasteiger charge is -2.15. The van der Waals surface area contributed by atoms with E-state index in [1.165, 1.54) is 11.8 Å². The number of hydrogen-bond donors (Lipinski definition) is 0. The van der Waals surface area contributed by atoms with Crippen molar-refractivity contribution in [3.05, 3.63) is 119 Å². The smallest absolute Gasteiger partial charge is 0.271 e. The molecule has 1 amide bonds. The van der Waals surface area contributed by atoms with Gasteiger partial charge in [-0.3, -0.25) is 9.69 Å². The molecule has 32 heavy (non-hydrogen) atoms. The molecule has 1 aromatic heterocycles. The Balaban J connectivity index is 1.59. The molecule has 2 heterocycles. The summed E-state index contributed by atoms with van der Waals surface area (Å²) >= 11 is 1.40. The fraction of sp³-hybridized carbons (Fsp3) is 0.0370. The molecule has 0 saturated carbocycles. The number of carbonyl (C=O) groups is 1. The lowest BCUT2D eigenvalue weighted by molar-refractivity contribution is -0.113. The number of benzene rings is 3. The number of thioether (sulfide) groups is 1. The average molecular weight is 436 g/mol. The average Bonchev–Trinajstić information content (AvgIpc) is 3.34. The van der Waals surface area contributed by atoms with Crippen LogP contribution in [0.4, 0.5) is 11.4 Å². The second-order valence-electron chi connectivity index (χ2n) is 7.39. The molecule has 1 aliphatic heterocycles. The highest BCUT2D eigenvalue weighted by Gasteiger charge is 2.35. The molecular weight excluding hydrogens is 414 g/mol. The van der Waals surface area contributed by atoms with Crippen LogP contribution in [0, 0.1) is 6.92 Å². The summed E-state index contributed by atoms with van der Waals surface area (Å²) in [5.41, 5.74) is 4.75. The Hall–Kier alpha value is -3.83. The Labute approximate surface area is 191 Å². The van der Waals surface area contributed by atoms with Gasteiger partial charge < -0.3 is 4.57 Å². The zero-order valence-electron chi connectivity index (χ0n) is 17.6. The Kier molecular flexibility index (Phi) is 5.48. The molecule has 1 aliphatic rings. The largest absolute Gasteiger partial charge is 0.314 e. The molecule has 156 valence electrons. The van der Waals surface area contributed by atoms with Crippen molar-refractivity contribution in [2.45, 2.75) is 6.92 Å². The van der Waals surface area contributed by atoms with E-state index in [2.05, 4.69) is 29.7 Å². The van der Waals surface area contributed by atoms with E-state index < -0.39 is 0 Å². The number of aliphatic imine (C=N–C) groups is 1. The maximum atomic E-state index is 13.5. The Morgan fingerprint density at radius 2 is 1.34 bits per heavy atom. The molecule has 5 heteroatoms. The molecule has 0 spiro atoms. The summed E-state index contributed by atoms with van der Waals surface area (Å²) in [7, 11) is 0. The van der Waals surface area contributed by atoms with Crippen molar-refractivity contribution < 1.29 is 4.79 Å². The molecule has 0 bridgehead atoms. The number of carbonyl (C=O) groups excluding carboxylic acids is 1. The number of amides is 1. The van der Waals surface area contributed by atoms with Crippen LogP contribution in [0.1, 0.15) is 11.4 Å². The van der Waals surface area contributed by atoms with Crippen LogP contribution >= 0.6 is 11.8 Å². The molecule has 4 nitrogen and oxygen atoms in total. The number of anilines is 1. The van der Waals surface area contributed by atoms with Crippen molar-refractivity contribution in [3.8, 4) is 5.69 Å². The third-order valence-electron chi connectivity index (χ3n) is 5.20. The van der Waals surface area contributed by atoms with Gasteiger partial charge >= 0.3 is 0 Å². The normalized spacial score (nSPS) is 16.3. The molecule has 4 aromatic rings. The molecule has 0 unspecified atom stereocenters. The highest BCUT2D eigenvalue weighted by molar-refractivity contribution is 8.19. The zero-order chi connectivity index (χ0) is 21.9. The first-order chi connectivity index (χ1) is 15.7. The maximum Gasteiger partial charge on any atom is 0.271 e. The molecule has 1 saturated heterocycles. The summed E-state index contributed by atoms with van der Waals surface area (Å²) in [6.07, 6.45) is 1.95. The van der Waals surface area contributed by atoms with Crippen molar-refractivity contribution in [1.82, 2.24) is 4.57 Å². The second-order valence-corrected chi connectivity index (χ2v) is 8.40. The number of aromatic nitrogens is 1. The molecule has 0 radical (unpaired) electrons. The second kappa shape index (κ2) is 8.73. The van der Waals surface area contributed by atoms with Gasteiger partial charge in [-0.05, 0) is 73.3 Å². The number of nitrogens with zero attached hydrogens (tertiary/aromatic N) is 3. The fourth-order valence-corrected chi connectivity index (χ4v) is 4.69. The third kappa shape index (κ3) is 3.90. The Morgan fingerprint density at radius 1 is 0.750 bits per heavy atom. The highest BCUT2D eigenvalue weighted by Crippen LogP contribution is 2.37. The maximum absolute atomic E-state index is 13.5. The number of aryl methyl sites for hydroxylation is 1. The van der Waals surface area contributed by atoms with Crippen LogP contribution in [0.2, 0.25) is 0 Å². The van der Waals surface area contributed by atoms with E-state index in [0.717, 1.165) is 28.5 Å². The van der Waals surface area contributed by atoms with Crippen LogP contribution in [0.15, 0.2) is 113 Å². The molecule has 0 N–H and O–H groups in total. The number of amidine groups is 1. The van der Waals surface area contributed by atoms with Crippen LogP contribution < -0.4 is 4.90 Å². The zero-order valence-corrected chi connectivity index (χ0v) is 18.4. The predicted octanol–water partition coefficient (Wildman–Crippen LogP) is 6.59. The molecule has 3 aromatic carbocycles. The van der Waals surface area contributed by atoms with Crippen LogP contribution in [-0.2, 0) is 4.79 Å². The minimum atomic E-state index is -0.0747. The van der Waals surface area contributed by atoms with Gasteiger partial charge in [-0.2, -0.15) is 0 Å². The standard InChI is InChI=1S/C27H21N3OS/c1-20-17-18-24(29(20)22-13-7-3-8-14-22)19-25-26(31)30(23-15-9-4-10-16-23)27(32-25)28-21-11-5-2-6-12-21/h2-19H,1H3/b25-19-,28-27?. The van der Waals surface area contributed by atoms with Crippen molar-refractivity contribution in [1.29, 1.82) is 0 Å². The van der Waals surface area contributed by atoms with E-state index in [-0.39, 0.29) is 5.91 Å². The summed E-state index contributed by atoms with van der Waals surface area (Å²) < 4.78 is 2.15. The molecule has 1 fully saturated rings. The van der Waals surface area contributed by atoms with E-state index in [1.807, 2.05) is 91.0 Å². The number of para-hydroxylation sites is 3. The van der Waals surface area contributed by atoms with Crippen molar-refractivity contribution in [2.24, 2.45) is 4.99 Å². The Morgan fingerprint density at radius 3 is 2.00 bits per heavy atom. The lowest BCUT2D eigenvalue weighted by Crippen LogP contribution is -2.28. The van der Waals surface area contributed by atoms with Crippen molar-refractivity contribution in [2.75, 3.05) is 4.90 Å². The monoisotopic (exact) mass is 435 g/mol. The minimum absolute atomic E-state index is 0.0747. The summed E-state index contributed by atoms with van der Waals surface area (Å²) in [6.45, 7) is 2.07. The van der Waals surface area contributed by atoms with Gasteiger partial charge in [-0.25, -0.2) is 4.99 Å². The number of rotatable bonds is 4. The summed E-state index contributed by atoms with van der Waals surface area (Å²) in [5.74, 6) is -0.0747. The molecule has 5 rings (SSSR count). The Bertz CT molecular complexity index is 1310. The fourth-order valence-electron chi connectivity index (χ4n) is 3.70. The van der Waals surface area contributed by atoms with Gasteiger partial charge in [0, 0.05) is 17.1 Å². The molecule has 0 aliphatic carbocycles. The van der Waals surface area contributed by atoms with Crippen LogP contribution in [0.3, 0.4) is 0 Å². The lowest BCUT2D eigenvalue weighted by atomic mass is 10.2. The van der Waals surface area contributed by atoms with Crippen molar-refractivity contribution in [3.63, 3.8) is 0 Å². The predicted molar refractivity (Wildman–Crippen MR) is 134 cm³/mol. The van der Waals surface area contributed by atoms with E-state index >= 15 is 0 Å². The first-order valence-electron chi connectivity index (χ1n) is 10.4.